The molecule has 2 rings (SSSR count). The summed E-state index contributed by atoms with van der Waals surface area (Å²) in [4.78, 5) is 0. The van der Waals surface area contributed by atoms with Gasteiger partial charge in [-0.2, -0.15) is 0 Å². The first-order valence-electron chi connectivity index (χ1n) is 8.56. The quantitative estimate of drug-likeness (QED) is 0.568. The molecule has 0 bridgehead atoms. The molecule has 2 aromatic rings. The molecule has 0 saturated heterocycles. The zero-order chi connectivity index (χ0) is 18.1. The lowest BCUT2D eigenvalue weighted by atomic mass is 10.2. The first kappa shape index (κ1) is 19.5. The maximum atomic E-state index is 13.4. The zero-order valence-corrected chi connectivity index (χ0v) is 15.9. The van der Waals surface area contributed by atoms with Crippen LogP contribution < -0.4 is 10.1 Å². The number of para-hydroxylation sites is 1. The van der Waals surface area contributed by atoms with Crippen molar-refractivity contribution in [2.75, 3.05) is 25.1 Å². The fourth-order valence-corrected chi connectivity index (χ4v) is 4.43. The molecular formula is C19H26NO4P. The molecule has 0 amide bonds. The summed E-state index contributed by atoms with van der Waals surface area (Å²) >= 11 is 0. The van der Waals surface area contributed by atoms with Gasteiger partial charge in [0.25, 0.3) is 0 Å². The summed E-state index contributed by atoms with van der Waals surface area (Å²) < 4.78 is 30.0. The minimum Gasteiger partial charge on any atom is -0.494 e. The smallest absolute Gasteiger partial charge is 0.357 e. The highest BCUT2D eigenvalue weighted by molar-refractivity contribution is 7.54. The summed E-state index contributed by atoms with van der Waals surface area (Å²) in [6.45, 7) is 6.77. The fraction of sp³-hybridized carbons (Fsp3) is 0.368. The van der Waals surface area contributed by atoms with Gasteiger partial charge in [-0.05, 0) is 50.6 Å². The Morgan fingerprint density at radius 2 is 1.48 bits per heavy atom. The predicted molar refractivity (Wildman–Crippen MR) is 101 cm³/mol. The summed E-state index contributed by atoms with van der Waals surface area (Å²) in [6.07, 6.45) is 0. The van der Waals surface area contributed by atoms with Gasteiger partial charge in [0.1, 0.15) is 5.75 Å². The number of anilines is 1. The third-order valence-corrected chi connectivity index (χ3v) is 5.81. The summed E-state index contributed by atoms with van der Waals surface area (Å²) in [5, 5.41) is 3.30. The number of nitrogens with one attached hydrogen (secondary N) is 1. The van der Waals surface area contributed by atoms with Gasteiger partial charge < -0.3 is 19.1 Å². The van der Waals surface area contributed by atoms with E-state index in [0.29, 0.717) is 19.8 Å². The standard InChI is InChI=1S/C19H26NO4P/c1-4-22-18-14-12-16(13-15-18)19(20-17-10-8-7-9-11-17)25(21,23-5-2)24-6-3/h7-15,19-20H,4-6H2,1-3H3. The first-order chi connectivity index (χ1) is 12.1. The van der Waals surface area contributed by atoms with E-state index < -0.39 is 13.4 Å². The molecule has 0 fully saturated rings. The Hall–Kier alpha value is -1.81. The number of ether oxygens (including phenoxy) is 1. The molecule has 5 nitrogen and oxygen atoms in total. The fourth-order valence-electron chi connectivity index (χ4n) is 2.50. The SMILES string of the molecule is CCOc1ccc(C(Nc2ccccc2)P(=O)(OCC)OCC)cc1. The van der Waals surface area contributed by atoms with Crippen molar-refractivity contribution in [3.05, 3.63) is 60.2 Å². The van der Waals surface area contributed by atoms with Crippen molar-refractivity contribution in [1.29, 1.82) is 0 Å². The van der Waals surface area contributed by atoms with Crippen LogP contribution in [0, 0.1) is 0 Å². The average Bonchev–Trinajstić information content (AvgIpc) is 2.62. The molecule has 2 aromatic carbocycles. The van der Waals surface area contributed by atoms with Gasteiger partial charge in [-0.1, -0.05) is 30.3 Å². The molecule has 0 saturated carbocycles. The topological polar surface area (TPSA) is 56.8 Å². The second-order valence-corrected chi connectivity index (χ2v) is 7.40. The van der Waals surface area contributed by atoms with Crippen molar-refractivity contribution in [1.82, 2.24) is 0 Å². The number of hydrogen-bond donors (Lipinski definition) is 1. The lowest BCUT2D eigenvalue weighted by Crippen LogP contribution is -2.15. The van der Waals surface area contributed by atoms with Crippen LogP contribution in [0.5, 0.6) is 5.75 Å². The second kappa shape index (κ2) is 9.62. The van der Waals surface area contributed by atoms with Crippen LogP contribution >= 0.6 is 7.60 Å². The van der Waals surface area contributed by atoms with E-state index in [1.807, 2.05) is 75.4 Å². The molecule has 0 aromatic heterocycles. The maximum absolute atomic E-state index is 13.4. The summed E-state index contributed by atoms with van der Waals surface area (Å²) in [6, 6.07) is 17.1. The molecule has 1 N–H and O–H groups in total. The van der Waals surface area contributed by atoms with Crippen LogP contribution in [0.4, 0.5) is 5.69 Å². The van der Waals surface area contributed by atoms with Crippen LogP contribution in [-0.4, -0.2) is 19.8 Å². The van der Waals surface area contributed by atoms with Crippen molar-refractivity contribution in [2.45, 2.75) is 26.6 Å². The van der Waals surface area contributed by atoms with Crippen LogP contribution in [0.25, 0.3) is 0 Å². The van der Waals surface area contributed by atoms with E-state index in [4.69, 9.17) is 13.8 Å². The average molecular weight is 363 g/mol. The highest BCUT2D eigenvalue weighted by Crippen LogP contribution is 2.60. The normalized spacial score (nSPS) is 12.6. The van der Waals surface area contributed by atoms with Crippen molar-refractivity contribution >= 4 is 13.3 Å². The van der Waals surface area contributed by atoms with Crippen LogP contribution in [0.15, 0.2) is 54.6 Å². The highest BCUT2D eigenvalue weighted by Gasteiger charge is 2.37. The second-order valence-electron chi connectivity index (χ2n) is 5.29. The lowest BCUT2D eigenvalue weighted by Gasteiger charge is -2.28. The first-order valence-corrected chi connectivity index (χ1v) is 10.2. The molecule has 0 radical (unpaired) electrons. The minimum absolute atomic E-state index is 0.307. The van der Waals surface area contributed by atoms with E-state index in [9.17, 15) is 4.57 Å². The van der Waals surface area contributed by atoms with Gasteiger partial charge in [-0.25, -0.2) is 0 Å². The Bertz CT molecular complexity index is 666. The molecule has 136 valence electrons. The van der Waals surface area contributed by atoms with Crippen LogP contribution in [0.2, 0.25) is 0 Å². The Morgan fingerprint density at radius 3 is 2.00 bits per heavy atom. The third kappa shape index (κ3) is 5.33. The molecular weight excluding hydrogens is 337 g/mol. The molecule has 6 heteroatoms. The van der Waals surface area contributed by atoms with Gasteiger partial charge in [-0.15, -0.1) is 0 Å². The largest absolute Gasteiger partial charge is 0.494 e. The van der Waals surface area contributed by atoms with Crippen molar-refractivity contribution < 1.29 is 18.3 Å². The zero-order valence-electron chi connectivity index (χ0n) is 15.0. The summed E-state index contributed by atoms with van der Waals surface area (Å²) in [5.41, 5.74) is 1.67. The van der Waals surface area contributed by atoms with E-state index >= 15 is 0 Å². The van der Waals surface area contributed by atoms with Gasteiger partial charge >= 0.3 is 7.60 Å². The van der Waals surface area contributed by atoms with Crippen molar-refractivity contribution in [3.63, 3.8) is 0 Å². The minimum atomic E-state index is -3.40. The van der Waals surface area contributed by atoms with E-state index in [1.165, 1.54) is 0 Å². The molecule has 1 unspecified atom stereocenters. The van der Waals surface area contributed by atoms with Crippen LogP contribution in [-0.2, 0) is 13.6 Å². The summed E-state index contributed by atoms with van der Waals surface area (Å²) in [5.74, 6) is 0.165. The van der Waals surface area contributed by atoms with Crippen LogP contribution in [0.1, 0.15) is 32.1 Å². The molecule has 25 heavy (non-hydrogen) atoms. The summed E-state index contributed by atoms with van der Waals surface area (Å²) in [7, 11) is -3.40. The van der Waals surface area contributed by atoms with E-state index in [2.05, 4.69) is 5.32 Å². The van der Waals surface area contributed by atoms with Gasteiger partial charge in [0.15, 0.2) is 5.78 Å². The maximum Gasteiger partial charge on any atom is 0.357 e. The van der Waals surface area contributed by atoms with Crippen molar-refractivity contribution in [2.24, 2.45) is 0 Å². The Balaban J connectivity index is 2.38. The van der Waals surface area contributed by atoms with Crippen LogP contribution in [0.3, 0.4) is 0 Å². The molecule has 0 spiro atoms. The van der Waals surface area contributed by atoms with Gasteiger partial charge in [0.05, 0.1) is 19.8 Å². The number of rotatable bonds is 10. The van der Waals surface area contributed by atoms with E-state index in [0.717, 1.165) is 17.0 Å². The number of hydrogen-bond acceptors (Lipinski definition) is 5. The van der Waals surface area contributed by atoms with Gasteiger partial charge in [0, 0.05) is 5.69 Å². The molecule has 0 aliphatic heterocycles. The van der Waals surface area contributed by atoms with Gasteiger partial charge in [0.2, 0.25) is 0 Å². The predicted octanol–water partition coefficient (Wildman–Crippen LogP) is 5.46. The Kier molecular flexibility index (Phi) is 7.51. The Morgan fingerprint density at radius 1 is 0.880 bits per heavy atom. The lowest BCUT2D eigenvalue weighted by molar-refractivity contribution is 0.214. The number of benzene rings is 2. The third-order valence-electron chi connectivity index (χ3n) is 3.52. The molecule has 0 aliphatic rings. The van der Waals surface area contributed by atoms with Crippen molar-refractivity contribution in [3.8, 4) is 5.75 Å². The molecule has 1 atom stereocenters. The van der Waals surface area contributed by atoms with E-state index in [1.54, 1.807) is 0 Å². The molecule has 0 aliphatic carbocycles. The highest BCUT2D eigenvalue weighted by atomic mass is 31.2. The van der Waals surface area contributed by atoms with Gasteiger partial charge in [-0.3, -0.25) is 4.57 Å². The Labute approximate surface area is 149 Å². The van der Waals surface area contributed by atoms with E-state index in [-0.39, 0.29) is 0 Å². The molecule has 0 heterocycles. The monoisotopic (exact) mass is 363 g/mol.